The molecule has 1 aliphatic carbocycles. The Hall–Kier alpha value is -0.640. The number of thiophene rings is 1. The lowest BCUT2D eigenvalue weighted by Crippen LogP contribution is -2.14. The molecule has 0 spiro atoms. The Balaban J connectivity index is 1.80. The molecule has 0 radical (unpaired) electrons. The second-order valence-corrected chi connectivity index (χ2v) is 6.93. The van der Waals surface area contributed by atoms with Crippen molar-refractivity contribution in [2.75, 3.05) is 0 Å². The van der Waals surface area contributed by atoms with Gasteiger partial charge in [-0.25, -0.2) is 0 Å². The minimum Gasteiger partial charge on any atom is -0.309 e. The number of hydrogen-bond acceptors (Lipinski definition) is 2. The van der Waals surface area contributed by atoms with Crippen LogP contribution in [0.2, 0.25) is 0 Å². The van der Waals surface area contributed by atoms with Gasteiger partial charge in [0, 0.05) is 32.4 Å². The van der Waals surface area contributed by atoms with Gasteiger partial charge in [0.15, 0.2) is 0 Å². The molecule has 0 amide bonds. The van der Waals surface area contributed by atoms with Crippen molar-refractivity contribution >= 4 is 27.3 Å². The molecule has 1 nitrogen and oxygen atoms in total. The van der Waals surface area contributed by atoms with Gasteiger partial charge in [-0.05, 0) is 44.0 Å². The first-order valence-electron chi connectivity index (χ1n) is 6.31. The number of hydrogen-bond donors (Lipinski definition) is 1. The van der Waals surface area contributed by atoms with Crippen molar-refractivity contribution in [3.8, 4) is 10.4 Å². The van der Waals surface area contributed by atoms with Crippen molar-refractivity contribution in [3.63, 3.8) is 0 Å². The molecular weight excluding hydrogens is 306 g/mol. The first kappa shape index (κ1) is 12.4. The quantitative estimate of drug-likeness (QED) is 0.857. The van der Waals surface area contributed by atoms with Crippen molar-refractivity contribution in [1.82, 2.24) is 5.32 Å². The third kappa shape index (κ3) is 2.85. The summed E-state index contributed by atoms with van der Waals surface area (Å²) in [7, 11) is 0. The SMILES string of the molecule is Cc1ccc(Br)c(-c2ccc(CNC3CC3)s2)c1. The van der Waals surface area contributed by atoms with Gasteiger partial charge in [-0.3, -0.25) is 0 Å². The van der Waals surface area contributed by atoms with Crippen molar-refractivity contribution in [1.29, 1.82) is 0 Å². The van der Waals surface area contributed by atoms with E-state index in [1.807, 2.05) is 11.3 Å². The highest BCUT2D eigenvalue weighted by molar-refractivity contribution is 9.10. The lowest BCUT2D eigenvalue weighted by Gasteiger charge is -2.03. The number of rotatable bonds is 4. The van der Waals surface area contributed by atoms with Crippen LogP contribution >= 0.6 is 27.3 Å². The summed E-state index contributed by atoms with van der Waals surface area (Å²) in [5, 5.41) is 3.56. The van der Waals surface area contributed by atoms with E-state index in [1.165, 1.54) is 38.2 Å². The van der Waals surface area contributed by atoms with E-state index < -0.39 is 0 Å². The predicted octanol–water partition coefficient (Wildman–Crippen LogP) is 4.74. The van der Waals surface area contributed by atoms with E-state index in [0.29, 0.717) is 0 Å². The molecule has 3 heteroatoms. The smallest absolute Gasteiger partial charge is 0.0357 e. The summed E-state index contributed by atoms with van der Waals surface area (Å²) in [6.07, 6.45) is 2.70. The zero-order chi connectivity index (χ0) is 12.5. The third-order valence-corrected chi connectivity index (χ3v) is 5.00. The summed E-state index contributed by atoms with van der Waals surface area (Å²) >= 11 is 5.53. The van der Waals surface area contributed by atoms with Crippen LogP contribution in [0.15, 0.2) is 34.8 Å². The molecule has 94 valence electrons. The van der Waals surface area contributed by atoms with Crippen LogP contribution in [-0.4, -0.2) is 6.04 Å². The van der Waals surface area contributed by atoms with E-state index in [4.69, 9.17) is 0 Å². The standard InChI is InChI=1S/C15H16BrNS/c1-10-2-6-14(16)13(8-10)15-7-5-12(18-15)9-17-11-3-4-11/h2,5-8,11,17H,3-4,9H2,1H3. The molecule has 1 aromatic carbocycles. The highest BCUT2D eigenvalue weighted by atomic mass is 79.9. The second kappa shape index (κ2) is 5.16. The first-order valence-corrected chi connectivity index (χ1v) is 7.92. The normalized spacial score (nSPS) is 15.0. The van der Waals surface area contributed by atoms with Crippen molar-refractivity contribution in [2.24, 2.45) is 0 Å². The Labute approximate surface area is 120 Å². The maximum atomic E-state index is 3.64. The topological polar surface area (TPSA) is 12.0 Å². The van der Waals surface area contributed by atoms with Gasteiger partial charge in [0.05, 0.1) is 0 Å². The van der Waals surface area contributed by atoms with Crippen LogP contribution in [0.4, 0.5) is 0 Å². The number of benzene rings is 1. The van der Waals surface area contributed by atoms with Gasteiger partial charge in [0.25, 0.3) is 0 Å². The minimum absolute atomic E-state index is 0.779. The van der Waals surface area contributed by atoms with Crippen LogP contribution in [-0.2, 0) is 6.54 Å². The predicted molar refractivity (Wildman–Crippen MR) is 82.1 cm³/mol. The van der Waals surface area contributed by atoms with Crippen LogP contribution in [0.1, 0.15) is 23.3 Å². The molecule has 1 aromatic heterocycles. The third-order valence-electron chi connectivity index (χ3n) is 3.19. The Morgan fingerprint density at radius 1 is 1.28 bits per heavy atom. The summed E-state index contributed by atoms with van der Waals surface area (Å²) < 4.78 is 1.18. The Morgan fingerprint density at radius 3 is 2.89 bits per heavy atom. The molecule has 3 rings (SSSR count). The molecule has 1 N–H and O–H groups in total. The van der Waals surface area contributed by atoms with Crippen molar-refractivity contribution in [2.45, 2.75) is 32.4 Å². The second-order valence-electron chi connectivity index (χ2n) is 4.90. The van der Waals surface area contributed by atoms with Gasteiger partial charge in [0.1, 0.15) is 0 Å². The van der Waals surface area contributed by atoms with Gasteiger partial charge < -0.3 is 5.32 Å². The lowest BCUT2D eigenvalue weighted by molar-refractivity contribution is 0.695. The van der Waals surface area contributed by atoms with E-state index >= 15 is 0 Å². The molecule has 18 heavy (non-hydrogen) atoms. The van der Waals surface area contributed by atoms with E-state index in [2.05, 4.69) is 58.5 Å². The zero-order valence-electron chi connectivity index (χ0n) is 10.4. The summed E-state index contributed by atoms with van der Waals surface area (Å²) in [5.74, 6) is 0. The number of nitrogens with one attached hydrogen (secondary N) is 1. The van der Waals surface area contributed by atoms with E-state index in [-0.39, 0.29) is 0 Å². The fraction of sp³-hybridized carbons (Fsp3) is 0.333. The maximum Gasteiger partial charge on any atom is 0.0357 e. The molecule has 2 aromatic rings. The van der Waals surface area contributed by atoms with Gasteiger partial charge in [-0.2, -0.15) is 0 Å². The Bertz CT molecular complexity index is 557. The van der Waals surface area contributed by atoms with Gasteiger partial charge in [0.2, 0.25) is 0 Å². The fourth-order valence-electron chi connectivity index (χ4n) is 1.98. The van der Waals surface area contributed by atoms with E-state index in [0.717, 1.165) is 12.6 Å². The highest BCUT2D eigenvalue weighted by Gasteiger charge is 2.20. The minimum atomic E-state index is 0.779. The number of halogens is 1. The first-order chi connectivity index (χ1) is 8.72. The molecule has 1 fully saturated rings. The van der Waals surface area contributed by atoms with Gasteiger partial charge in [-0.1, -0.05) is 27.6 Å². The average Bonchev–Trinajstić information content (AvgIpc) is 3.08. The molecule has 0 aliphatic heterocycles. The summed E-state index contributed by atoms with van der Waals surface area (Å²) in [6.45, 7) is 3.15. The van der Waals surface area contributed by atoms with Gasteiger partial charge in [-0.15, -0.1) is 11.3 Å². The Kier molecular flexibility index (Phi) is 3.55. The van der Waals surface area contributed by atoms with Crippen molar-refractivity contribution < 1.29 is 0 Å². The molecule has 0 saturated heterocycles. The molecular formula is C15H16BrNS. The molecule has 0 bridgehead atoms. The number of aryl methyl sites for hydroxylation is 1. The van der Waals surface area contributed by atoms with Crippen LogP contribution in [0, 0.1) is 6.92 Å². The van der Waals surface area contributed by atoms with E-state index in [1.54, 1.807) is 0 Å². The van der Waals surface area contributed by atoms with Crippen molar-refractivity contribution in [3.05, 3.63) is 45.2 Å². The highest BCUT2D eigenvalue weighted by Crippen LogP contribution is 2.34. The monoisotopic (exact) mass is 321 g/mol. The fourth-order valence-corrected chi connectivity index (χ4v) is 3.56. The molecule has 0 unspecified atom stereocenters. The molecule has 0 atom stereocenters. The summed E-state index contributed by atoms with van der Waals surface area (Å²) in [5.41, 5.74) is 2.61. The lowest BCUT2D eigenvalue weighted by atomic mass is 10.1. The zero-order valence-corrected chi connectivity index (χ0v) is 12.8. The Morgan fingerprint density at radius 2 is 2.11 bits per heavy atom. The van der Waals surface area contributed by atoms with E-state index in [9.17, 15) is 0 Å². The average molecular weight is 322 g/mol. The van der Waals surface area contributed by atoms with Gasteiger partial charge >= 0.3 is 0 Å². The molecule has 1 saturated carbocycles. The largest absolute Gasteiger partial charge is 0.309 e. The molecule has 1 heterocycles. The summed E-state index contributed by atoms with van der Waals surface area (Å²) in [4.78, 5) is 2.77. The van der Waals surface area contributed by atoms with Crippen LogP contribution in [0.25, 0.3) is 10.4 Å². The van der Waals surface area contributed by atoms with Crippen LogP contribution in [0.3, 0.4) is 0 Å². The van der Waals surface area contributed by atoms with Crippen LogP contribution in [0.5, 0.6) is 0 Å². The van der Waals surface area contributed by atoms with Crippen LogP contribution < -0.4 is 5.32 Å². The molecule has 1 aliphatic rings. The summed E-state index contributed by atoms with van der Waals surface area (Å²) in [6, 6.07) is 11.8. The maximum absolute atomic E-state index is 3.64.